The molecule has 0 aromatic heterocycles. The van der Waals surface area contributed by atoms with Crippen LogP contribution >= 0.6 is 0 Å². The van der Waals surface area contributed by atoms with E-state index in [0.29, 0.717) is 0 Å². The van der Waals surface area contributed by atoms with Crippen molar-refractivity contribution in [3.8, 4) is 0 Å². The van der Waals surface area contributed by atoms with Gasteiger partial charge in [0.1, 0.15) is 0 Å². The molecule has 2 heterocycles. The van der Waals surface area contributed by atoms with Gasteiger partial charge in [-0.25, -0.2) is 0 Å². The smallest absolute Gasteiger partial charge is 0.0776 e. The topological polar surface area (TPSA) is 35.5 Å². The predicted molar refractivity (Wildman–Crippen MR) is 59.7 cm³/mol. The van der Waals surface area contributed by atoms with Crippen molar-refractivity contribution in [2.24, 2.45) is 11.8 Å². The summed E-state index contributed by atoms with van der Waals surface area (Å²) in [5, 5.41) is 13.3. The van der Waals surface area contributed by atoms with Gasteiger partial charge < -0.3 is 15.3 Å². The second kappa shape index (κ2) is 3.72. The number of piperidine rings is 1. The van der Waals surface area contributed by atoms with E-state index >= 15 is 0 Å². The van der Waals surface area contributed by atoms with Crippen LogP contribution in [0.3, 0.4) is 0 Å². The van der Waals surface area contributed by atoms with Gasteiger partial charge in [0, 0.05) is 13.1 Å². The molecule has 1 saturated carbocycles. The van der Waals surface area contributed by atoms with Gasteiger partial charge in [0.15, 0.2) is 0 Å². The fourth-order valence-corrected chi connectivity index (χ4v) is 2.98. The molecule has 0 amide bonds. The van der Waals surface area contributed by atoms with E-state index < -0.39 is 0 Å². The van der Waals surface area contributed by atoms with Crippen LogP contribution in [0.1, 0.15) is 25.7 Å². The Hall–Kier alpha value is -0.120. The molecule has 0 aromatic rings. The molecule has 0 radical (unpaired) electrons. The van der Waals surface area contributed by atoms with Gasteiger partial charge in [-0.2, -0.15) is 0 Å². The summed E-state index contributed by atoms with van der Waals surface area (Å²) in [4.78, 5) is 2.50. The first-order valence-corrected chi connectivity index (χ1v) is 6.41. The zero-order valence-corrected chi connectivity index (χ0v) is 9.41. The Balaban J connectivity index is 1.51. The lowest BCUT2D eigenvalue weighted by Gasteiger charge is -2.41. The zero-order valence-electron chi connectivity index (χ0n) is 9.41. The maximum atomic E-state index is 9.92. The molecule has 2 aliphatic heterocycles. The quantitative estimate of drug-likeness (QED) is 0.709. The largest absolute Gasteiger partial charge is 0.389 e. The lowest BCUT2D eigenvalue weighted by Crippen LogP contribution is -2.51. The SMILES string of the molecule is OC1(CN2CCC[C@H](C3CNC3)C2)CC1. The highest BCUT2D eigenvalue weighted by Gasteiger charge is 2.43. The molecule has 15 heavy (non-hydrogen) atoms. The lowest BCUT2D eigenvalue weighted by atomic mass is 9.82. The minimum atomic E-state index is -0.292. The molecule has 3 heteroatoms. The first-order valence-electron chi connectivity index (χ1n) is 6.41. The molecule has 3 nitrogen and oxygen atoms in total. The summed E-state index contributed by atoms with van der Waals surface area (Å²) < 4.78 is 0. The molecule has 0 bridgehead atoms. The van der Waals surface area contributed by atoms with Gasteiger partial charge in [-0.3, -0.25) is 0 Å². The molecule has 0 aromatic carbocycles. The minimum absolute atomic E-state index is 0.292. The summed E-state index contributed by atoms with van der Waals surface area (Å²) in [6.45, 7) is 5.82. The molecule has 1 atom stereocenters. The highest BCUT2D eigenvalue weighted by atomic mass is 16.3. The Morgan fingerprint density at radius 1 is 1.27 bits per heavy atom. The third-order valence-electron chi connectivity index (χ3n) is 4.37. The summed E-state index contributed by atoms with van der Waals surface area (Å²) in [6.07, 6.45) is 4.79. The van der Waals surface area contributed by atoms with Crippen molar-refractivity contribution in [1.29, 1.82) is 0 Å². The molecule has 0 spiro atoms. The van der Waals surface area contributed by atoms with E-state index in [1.54, 1.807) is 0 Å². The van der Waals surface area contributed by atoms with E-state index in [9.17, 15) is 5.11 Å². The van der Waals surface area contributed by atoms with Gasteiger partial charge in [0.05, 0.1) is 5.60 Å². The van der Waals surface area contributed by atoms with Crippen LogP contribution in [-0.4, -0.2) is 48.3 Å². The van der Waals surface area contributed by atoms with E-state index in [-0.39, 0.29) is 5.60 Å². The van der Waals surface area contributed by atoms with Gasteiger partial charge in [-0.15, -0.1) is 0 Å². The molecule has 2 N–H and O–H groups in total. The molecule has 86 valence electrons. The maximum absolute atomic E-state index is 9.92. The van der Waals surface area contributed by atoms with Crippen LogP contribution in [0.4, 0.5) is 0 Å². The average molecular weight is 210 g/mol. The molecule has 3 aliphatic rings. The van der Waals surface area contributed by atoms with Gasteiger partial charge in [0.25, 0.3) is 0 Å². The Morgan fingerprint density at radius 2 is 2.07 bits per heavy atom. The first kappa shape index (κ1) is 10.1. The molecule has 1 aliphatic carbocycles. The number of hydrogen-bond donors (Lipinski definition) is 2. The Kier molecular flexibility index (Phi) is 2.49. The first-order chi connectivity index (χ1) is 7.25. The zero-order chi connectivity index (χ0) is 10.3. The van der Waals surface area contributed by atoms with Crippen LogP contribution in [0, 0.1) is 11.8 Å². The fraction of sp³-hybridized carbons (Fsp3) is 1.00. The number of nitrogens with zero attached hydrogens (tertiary/aromatic N) is 1. The maximum Gasteiger partial charge on any atom is 0.0776 e. The van der Waals surface area contributed by atoms with E-state index in [4.69, 9.17) is 0 Å². The average Bonchev–Trinajstić information content (AvgIpc) is 2.80. The third kappa shape index (κ3) is 2.19. The van der Waals surface area contributed by atoms with Crippen LogP contribution < -0.4 is 5.32 Å². The Labute approximate surface area is 91.8 Å². The second-order valence-electron chi connectivity index (χ2n) is 5.78. The van der Waals surface area contributed by atoms with Gasteiger partial charge in [0.2, 0.25) is 0 Å². The summed E-state index contributed by atoms with van der Waals surface area (Å²) in [5.41, 5.74) is -0.292. The van der Waals surface area contributed by atoms with Crippen molar-refractivity contribution in [1.82, 2.24) is 10.2 Å². The molecule has 3 rings (SSSR count). The fourth-order valence-electron chi connectivity index (χ4n) is 2.98. The third-order valence-corrected chi connectivity index (χ3v) is 4.37. The number of β-amino-alcohol motifs (C(OH)–C–C–N with tert-alkyl or cyclic N) is 1. The predicted octanol–water partition coefficient (Wildman–Crippen LogP) is 0.443. The van der Waals surface area contributed by atoms with Gasteiger partial charge in [-0.1, -0.05) is 0 Å². The summed E-state index contributed by atoms with van der Waals surface area (Å²) in [5.74, 6) is 1.81. The van der Waals surface area contributed by atoms with Gasteiger partial charge in [-0.05, 0) is 57.2 Å². The monoisotopic (exact) mass is 210 g/mol. The van der Waals surface area contributed by atoms with Gasteiger partial charge >= 0.3 is 0 Å². The van der Waals surface area contributed by atoms with E-state index in [1.807, 2.05) is 0 Å². The van der Waals surface area contributed by atoms with Crippen LogP contribution in [0.5, 0.6) is 0 Å². The second-order valence-corrected chi connectivity index (χ2v) is 5.78. The lowest BCUT2D eigenvalue weighted by molar-refractivity contribution is 0.0486. The number of nitrogens with one attached hydrogen (secondary N) is 1. The van der Waals surface area contributed by atoms with Crippen molar-refractivity contribution < 1.29 is 5.11 Å². The summed E-state index contributed by atoms with van der Waals surface area (Å²) >= 11 is 0. The number of aliphatic hydroxyl groups is 1. The molecular weight excluding hydrogens is 188 g/mol. The van der Waals surface area contributed by atoms with Crippen molar-refractivity contribution >= 4 is 0 Å². The Morgan fingerprint density at radius 3 is 2.67 bits per heavy atom. The number of hydrogen-bond acceptors (Lipinski definition) is 3. The van der Waals surface area contributed by atoms with E-state index in [0.717, 1.165) is 31.2 Å². The number of likely N-dealkylation sites (tertiary alicyclic amines) is 1. The summed E-state index contributed by atoms with van der Waals surface area (Å²) in [6, 6.07) is 0. The minimum Gasteiger partial charge on any atom is -0.389 e. The van der Waals surface area contributed by atoms with Crippen molar-refractivity contribution in [2.45, 2.75) is 31.3 Å². The molecular formula is C12H22N2O. The summed E-state index contributed by atoms with van der Waals surface area (Å²) in [7, 11) is 0. The molecule has 0 unspecified atom stereocenters. The molecule has 3 fully saturated rings. The van der Waals surface area contributed by atoms with Crippen molar-refractivity contribution in [3.05, 3.63) is 0 Å². The van der Waals surface area contributed by atoms with Crippen LogP contribution in [0.25, 0.3) is 0 Å². The highest BCUT2D eigenvalue weighted by Crippen LogP contribution is 2.37. The Bertz CT molecular complexity index is 236. The van der Waals surface area contributed by atoms with Crippen LogP contribution in [0.15, 0.2) is 0 Å². The van der Waals surface area contributed by atoms with Crippen molar-refractivity contribution in [3.63, 3.8) is 0 Å². The van der Waals surface area contributed by atoms with E-state index in [1.165, 1.54) is 39.0 Å². The normalized spacial score (nSPS) is 36.2. The van der Waals surface area contributed by atoms with E-state index in [2.05, 4.69) is 10.2 Å². The highest BCUT2D eigenvalue weighted by molar-refractivity contribution is 4.97. The van der Waals surface area contributed by atoms with Crippen LogP contribution in [0.2, 0.25) is 0 Å². The standard InChI is InChI=1S/C12H22N2O/c15-12(3-4-12)9-14-5-1-2-10(8-14)11-6-13-7-11/h10-11,13,15H,1-9H2/t10-/m0/s1. The number of rotatable bonds is 3. The van der Waals surface area contributed by atoms with Crippen molar-refractivity contribution in [2.75, 3.05) is 32.7 Å². The molecule has 2 saturated heterocycles. The van der Waals surface area contributed by atoms with Crippen LogP contribution in [-0.2, 0) is 0 Å².